The maximum absolute atomic E-state index is 13.5. The fraction of sp³-hybridized carbons (Fsp3) is 0.250. The van der Waals surface area contributed by atoms with Crippen molar-refractivity contribution in [3.63, 3.8) is 0 Å². The van der Waals surface area contributed by atoms with Crippen molar-refractivity contribution in [1.29, 1.82) is 0 Å². The first kappa shape index (κ1) is 13.8. The number of allylic oxidation sites excluding steroid dienone is 1. The number of rotatable bonds is 4. The highest BCUT2D eigenvalue weighted by Gasteiger charge is 2.12. The molecule has 0 aromatic heterocycles. The predicted molar refractivity (Wildman–Crippen MR) is 63.3 cm³/mol. The van der Waals surface area contributed by atoms with Gasteiger partial charge in [0, 0.05) is 23.8 Å². The second kappa shape index (κ2) is 5.90. The molecule has 0 spiro atoms. The Morgan fingerprint density at radius 1 is 1.56 bits per heavy atom. The highest BCUT2D eigenvalue weighted by molar-refractivity contribution is 5.91. The number of hydrogen-bond donors (Lipinski definition) is 0. The predicted octanol–water partition coefficient (Wildman–Crippen LogP) is 2.70. The Morgan fingerprint density at radius 2 is 2.22 bits per heavy atom. The zero-order valence-electron chi connectivity index (χ0n) is 9.97. The van der Waals surface area contributed by atoms with Crippen molar-refractivity contribution in [3.8, 4) is 0 Å². The third kappa shape index (κ3) is 3.38. The molecule has 5 nitrogen and oxygen atoms in total. The SMILES string of the molecule is CCOC(=O)C=C(C)c1cc([N+](=O)[O-])ccc1F. The molecular formula is C12H12FNO4. The molecule has 1 aromatic carbocycles. The number of nitro benzene ring substituents is 1. The van der Waals surface area contributed by atoms with E-state index in [-0.39, 0.29) is 23.4 Å². The Morgan fingerprint density at radius 3 is 2.78 bits per heavy atom. The second-order valence-corrected chi connectivity index (χ2v) is 3.50. The van der Waals surface area contributed by atoms with Gasteiger partial charge < -0.3 is 4.74 Å². The number of esters is 1. The number of carbonyl (C=O) groups excluding carboxylic acids is 1. The van der Waals surface area contributed by atoms with Gasteiger partial charge in [-0.3, -0.25) is 10.1 Å². The monoisotopic (exact) mass is 253 g/mol. The third-order valence-electron chi connectivity index (χ3n) is 2.21. The normalized spacial score (nSPS) is 11.2. The first-order chi connectivity index (χ1) is 8.45. The van der Waals surface area contributed by atoms with Crippen LogP contribution in [0.2, 0.25) is 0 Å². The van der Waals surface area contributed by atoms with Crippen LogP contribution in [-0.2, 0) is 9.53 Å². The molecule has 0 aliphatic carbocycles. The minimum Gasteiger partial charge on any atom is -0.463 e. The van der Waals surface area contributed by atoms with Gasteiger partial charge in [0.1, 0.15) is 5.82 Å². The van der Waals surface area contributed by atoms with Gasteiger partial charge in [-0.2, -0.15) is 0 Å². The van der Waals surface area contributed by atoms with Crippen LogP contribution in [0.1, 0.15) is 19.4 Å². The van der Waals surface area contributed by atoms with Crippen molar-refractivity contribution in [2.75, 3.05) is 6.61 Å². The lowest BCUT2D eigenvalue weighted by Gasteiger charge is -2.03. The molecule has 0 N–H and O–H groups in total. The molecule has 0 saturated carbocycles. The summed E-state index contributed by atoms with van der Waals surface area (Å²) < 4.78 is 18.2. The standard InChI is InChI=1S/C12H12FNO4/c1-3-18-12(15)6-8(2)10-7-9(14(16)17)4-5-11(10)13/h4-7H,3H2,1-2H3. The fourth-order valence-corrected chi connectivity index (χ4v) is 1.37. The van der Waals surface area contributed by atoms with Crippen molar-refractivity contribution >= 4 is 17.2 Å². The van der Waals surface area contributed by atoms with Gasteiger partial charge in [0.05, 0.1) is 11.5 Å². The summed E-state index contributed by atoms with van der Waals surface area (Å²) in [5.41, 5.74) is 0.0508. The molecule has 0 unspecified atom stereocenters. The average molecular weight is 253 g/mol. The van der Waals surface area contributed by atoms with E-state index in [1.54, 1.807) is 6.92 Å². The topological polar surface area (TPSA) is 69.4 Å². The maximum Gasteiger partial charge on any atom is 0.331 e. The molecule has 0 saturated heterocycles. The highest BCUT2D eigenvalue weighted by atomic mass is 19.1. The highest BCUT2D eigenvalue weighted by Crippen LogP contribution is 2.23. The Balaban J connectivity index is 3.11. The summed E-state index contributed by atoms with van der Waals surface area (Å²) in [6.45, 7) is 3.34. The van der Waals surface area contributed by atoms with E-state index in [1.165, 1.54) is 6.92 Å². The molecule has 0 atom stereocenters. The molecule has 0 aliphatic rings. The van der Waals surface area contributed by atoms with Gasteiger partial charge in [0.15, 0.2) is 0 Å². The van der Waals surface area contributed by atoms with Crippen LogP contribution in [0, 0.1) is 15.9 Å². The van der Waals surface area contributed by atoms with E-state index in [0.29, 0.717) is 0 Å². The molecule has 1 aromatic rings. The fourth-order valence-electron chi connectivity index (χ4n) is 1.37. The Hall–Kier alpha value is -2.24. The molecular weight excluding hydrogens is 241 g/mol. The van der Waals surface area contributed by atoms with Gasteiger partial charge >= 0.3 is 5.97 Å². The van der Waals surface area contributed by atoms with Gasteiger partial charge in [-0.15, -0.1) is 0 Å². The number of carbonyl (C=O) groups is 1. The molecule has 0 bridgehead atoms. The quantitative estimate of drug-likeness (QED) is 0.358. The number of ether oxygens (including phenoxy) is 1. The van der Waals surface area contributed by atoms with Crippen LogP contribution >= 0.6 is 0 Å². The molecule has 0 aliphatic heterocycles. The number of hydrogen-bond acceptors (Lipinski definition) is 4. The summed E-state index contributed by atoms with van der Waals surface area (Å²) in [7, 11) is 0. The van der Waals surface area contributed by atoms with E-state index in [4.69, 9.17) is 0 Å². The van der Waals surface area contributed by atoms with Crippen LogP contribution in [0.15, 0.2) is 24.3 Å². The first-order valence-electron chi connectivity index (χ1n) is 5.25. The molecule has 0 fully saturated rings. The summed E-state index contributed by atoms with van der Waals surface area (Å²) in [5.74, 6) is -1.24. The third-order valence-corrected chi connectivity index (χ3v) is 2.21. The van der Waals surface area contributed by atoms with Crippen LogP contribution < -0.4 is 0 Å². The van der Waals surface area contributed by atoms with E-state index in [9.17, 15) is 19.3 Å². The molecule has 1 rings (SSSR count). The molecule has 18 heavy (non-hydrogen) atoms. The van der Waals surface area contributed by atoms with Crippen molar-refractivity contribution in [2.45, 2.75) is 13.8 Å². The number of nitro groups is 1. The van der Waals surface area contributed by atoms with Crippen molar-refractivity contribution in [1.82, 2.24) is 0 Å². The van der Waals surface area contributed by atoms with Crippen molar-refractivity contribution in [3.05, 3.63) is 45.8 Å². The number of non-ortho nitro benzene ring substituents is 1. The van der Waals surface area contributed by atoms with E-state index in [2.05, 4.69) is 4.74 Å². The largest absolute Gasteiger partial charge is 0.463 e. The Kier molecular flexibility index (Phi) is 4.53. The Labute approximate surface area is 103 Å². The van der Waals surface area contributed by atoms with Crippen LogP contribution in [0.5, 0.6) is 0 Å². The van der Waals surface area contributed by atoms with Gasteiger partial charge in [-0.05, 0) is 25.5 Å². The van der Waals surface area contributed by atoms with Gasteiger partial charge in [-0.25, -0.2) is 9.18 Å². The first-order valence-corrected chi connectivity index (χ1v) is 5.25. The van der Waals surface area contributed by atoms with Crippen molar-refractivity contribution in [2.24, 2.45) is 0 Å². The van der Waals surface area contributed by atoms with E-state index in [0.717, 1.165) is 24.3 Å². The number of nitrogens with zero attached hydrogens (tertiary/aromatic N) is 1. The zero-order chi connectivity index (χ0) is 13.7. The lowest BCUT2D eigenvalue weighted by atomic mass is 10.1. The molecule has 0 amide bonds. The van der Waals surface area contributed by atoms with Gasteiger partial charge in [-0.1, -0.05) is 0 Å². The molecule has 6 heteroatoms. The van der Waals surface area contributed by atoms with Gasteiger partial charge in [0.2, 0.25) is 0 Å². The van der Waals surface area contributed by atoms with E-state index >= 15 is 0 Å². The minimum atomic E-state index is -0.626. The molecule has 0 radical (unpaired) electrons. The minimum absolute atomic E-state index is 0.0113. The number of halogens is 1. The van der Waals surface area contributed by atoms with E-state index in [1.807, 2.05) is 0 Å². The number of benzene rings is 1. The summed E-state index contributed by atoms with van der Waals surface area (Å²) >= 11 is 0. The van der Waals surface area contributed by atoms with Crippen molar-refractivity contribution < 1.29 is 18.8 Å². The van der Waals surface area contributed by atoms with Crippen LogP contribution in [0.3, 0.4) is 0 Å². The summed E-state index contributed by atoms with van der Waals surface area (Å²) in [5, 5.41) is 10.6. The Bertz CT molecular complexity index is 511. The lowest BCUT2D eigenvalue weighted by molar-refractivity contribution is -0.384. The van der Waals surface area contributed by atoms with Crippen LogP contribution in [0.4, 0.5) is 10.1 Å². The smallest absolute Gasteiger partial charge is 0.331 e. The summed E-state index contributed by atoms with van der Waals surface area (Å²) in [6, 6.07) is 3.15. The van der Waals surface area contributed by atoms with Crippen LogP contribution in [-0.4, -0.2) is 17.5 Å². The zero-order valence-corrected chi connectivity index (χ0v) is 9.97. The lowest BCUT2D eigenvalue weighted by Crippen LogP contribution is -2.01. The van der Waals surface area contributed by atoms with E-state index < -0.39 is 16.7 Å². The summed E-state index contributed by atoms with van der Waals surface area (Å²) in [4.78, 5) is 21.2. The molecule has 0 heterocycles. The summed E-state index contributed by atoms with van der Waals surface area (Å²) in [6.07, 6.45) is 1.10. The van der Waals surface area contributed by atoms with Crippen LogP contribution in [0.25, 0.3) is 5.57 Å². The average Bonchev–Trinajstić information content (AvgIpc) is 2.29. The molecule has 96 valence electrons. The second-order valence-electron chi connectivity index (χ2n) is 3.50. The maximum atomic E-state index is 13.5. The van der Waals surface area contributed by atoms with Gasteiger partial charge in [0.25, 0.3) is 5.69 Å².